The highest BCUT2D eigenvalue weighted by Gasteiger charge is 2.01. The van der Waals surface area contributed by atoms with Crippen LogP contribution in [-0.4, -0.2) is 18.0 Å². The molecule has 0 saturated carbocycles. The lowest BCUT2D eigenvalue weighted by Gasteiger charge is -2.04. The quantitative estimate of drug-likeness (QED) is 0.803. The maximum Gasteiger partial charge on any atom is 0.240 e. The summed E-state index contributed by atoms with van der Waals surface area (Å²) in [6, 6.07) is 5.01. The summed E-state index contributed by atoms with van der Waals surface area (Å²) in [6.07, 6.45) is -1.08. The molecular formula is C9H9F2N3. The fourth-order valence-electron chi connectivity index (χ4n) is 0.906. The molecule has 0 amide bonds. The molecular weight excluding hydrogens is 188 g/mol. The number of pyridine rings is 1. The van der Waals surface area contributed by atoms with Gasteiger partial charge in [-0.3, -0.25) is 0 Å². The van der Waals surface area contributed by atoms with Gasteiger partial charge >= 0.3 is 0 Å². The Hall–Kier alpha value is -1.70. The van der Waals surface area contributed by atoms with Crippen molar-refractivity contribution in [3.8, 4) is 6.07 Å². The van der Waals surface area contributed by atoms with Crippen LogP contribution in [0.4, 0.5) is 14.6 Å². The lowest BCUT2D eigenvalue weighted by molar-refractivity contribution is 0.142. The first-order chi connectivity index (χ1) is 6.72. The molecule has 1 N–H and O–H groups in total. The van der Waals surface area contributed by atoms with Gasteiger partial charge in [-0.1, -0.05) is 0 Å². The molecule has 1 rings (SSSR count). The number of rotatable bonds is 4. The van der Waals surface area contributed by atoms with Crippen LogP contribution >= 0.6 is 0 Å². The molecule has 0 bridgehead atoms. The summed E-state index contributed by atoms with van der Waals surface area (Å²) in [7, 11) is 0. The highest BCUT2D eigenvalue weighted by Crippen LogP contribution is 2.06. The number of halogens is 2. The van der Waals surface area contributed by atoms with Crippen molar-refractivity contribution in [1.82, 2.24) is 4.98 Å². The van der Waals surface area contributed by atoms with Gasteiger partial charge in [0, 0.05) is 19.2 Å². The van der Waals surface area contributed by atoms with E-state index in [1.807, 2.05) is 6.07 Å². The summed E-state index contributed by atoms with van der Waals surface area (Å²) >= 11 is 0. The van der Waals surface area contributed by atoms with Gasteiger partial charge in [0.2, 0.25) is 6.43 Å². The van der Waals surface area contributed by atoms with E-state index >= 15 is 0 Å². The maximum absolute atomic E-state index is 11.8. The maximum atomic E-state index is 11.8. The number of hydrogen-bond donors (Lipinski definition) is 1. The topological polar surface area (TPSA) is 48.7 Å². The lowest BCUT2D eigenvalue weighted by Crippen LogP contribution is -2.07. The van der Waals surface area contributed by atoms with E-state index in [1.54, 1.807) is 6.07 Å². The molecule has 0 aliphatic rings. The number of alkyl halides is 2. The van der Waals surface area contributed by atoms with E-state index in [-0.39, 0.29) is 13.0 Å². The predicted octanol–water partition coefficient (Wildman–Crippen LogP) is 2.02. The molecule has 0 saturated heterocycles. The van der Waals surface area contributed by atoms with Crippen molar-refractivity contribution >= 4 is 5.82 Å². The predicted molar refractivity (Wildman–Crippen MR) is 48.1 cm³/mol. The van der Waals surface area contributed by atoms with Gasteiger partial charge in [0.05, 0.1) is 11.6 Å². The van der Waals surface area contributed by atoms with Crippen LogP contribution in [0.5, 0.6) is 0 Å². The summed E-state index contributed by atoms with van der Waals surface area (Å²) in [5.74, 6) is 0.449. The molecule has 3 nitrogen and oxygen atoms in total. The summed E-state index contributed by atoms with van der Waals surface area (Å²) in [5.41, 5.74) is 0.458. The Morgan fingerprint density at radius 2 is 2.36 bits per heavy atom. The fourth-order valence-corrected chi connectivity index (χ4v) is 0.906. The van der Waals surface area contributed by atoms with Crippen LogP contribution in [0.25, 0.3) is 0 Å². The summed E-state index contributed by atoms with van der Waals surface area (Å²) < 4.78 is 23.5. The Bertz CT molecular complexity index is 333. The minimum absolute atomic E-state index is 0.152. The van der Waals surface area contributed by atoms with Crippen molar-refractivity contribution in [1.29, 1.82) is 5.26 Å². The first kappa shape index (κ1) is 10.4. The first-order valence-electron chi connectivity index (χ1n) is 4.10. The van der Waals surface area contributed by atoms with E-state index < -0.39 is 6.43 Å². The summed E-state index contributed by atoms with van der Waals surface area (Å²) in [4.78, 5) is 3.88. The van der Waals surface area contributed by atoms with Gasteiger partial charge in [-0.2, -0.15) is 5.26 Å². The number of anilines is 1. The smallest absolute Gasteiger partial charge is 0.240 e. The van der Waals surface area contributed by atoms with E-state index in [1.165, 1.54) is 12.3 Å². The molecule has 0 aromatic carbocycles. The molecule has 74 valence electrons. The zero-order valence-corrected chi connectivity index (χ0v) is 7.37. The van der Waals surface area contributed by atoms with E-state index in [4.69, 9.17) is 5.26 Å². The third kappa shape index (κ3) is 3.35. The SMILES string of the molecule is N#Cc1ccnc(NCCC(F)F)c1. The van der Waals surface area contributed by atoms with Crippen LogP contribution in [0.15, 0.2) is 18.3 Å². The first-order valence-corrected chi connectivity index (χ1v) is 4.10. The van der Waals surface area contributed by atoms with Crippen LogP contribution in [0.2, 0.25) is 0 Å². The standard InChI is InChI=1S/C9H9F2N3/c10-8(11)2-4-14-9-5-7(6-12)1-3-13-9/h1,3,5,8H,2,4H2,(H,13,14). The molecule has 0 aliphatic heterocycles. The number of hydrogen-bond acceptors (Lipinski definition) is 3. The number of nitrogens with zero attached hydrogens (tertiary/aromatic N) is 2. The van der Waals surface area contributed by atoms with E-state index in [2.05, 4.69) is 10.3 Å². The van der Waals surface area contributed by atoms with Crippen molar-refractivity contribution in [3.05, 3.63) is 23.9 Å². The Kier molecular flexibility index (Phi) is 3.80. The van der Waals surface area contributed by atoms with Gasteiger partial charge < -0.3 is 5.32 Å². The summed E-state index contributed by atoms with van der Waals surface area (Å²) in [6.45, 7) is 0.152. The number of aromatic nitrogens is 1. The molecule has 5 heteroatoms. The molecule has 0 fully saturated rings. The Morgan fingerprint density at radius 3 is 3.00 bits per heavy atom. The molecule has 1 aromatic rings. The molecule has 0 spiro atoms. The second-order valence-corrected chi connectivity index (χ2v) is 2.65. The highest BCUT2D eigenvalue weighted by atomic mass is 19.3. The Morgan fingerprint density at radius 1 is 1.57 bits per heavy atom. The van der Waals surface area contributed by atoms with E-state index in [0.717, 1.165) is 0 Å². The van der Waals surface area contributed by atoms with Crippen LogP contribution < -0.4 is 5.32 Å². The van der Waals surface area contributed by atoms with Gasteiger partial charge in [-0.05, 0) is 12.1 Å². The second kappa shape index (κ2) is 5.12. The van der Waals surface area contributed by atoms with Crippen LogP contribution in [0.3, 0.4) is 0 Å². The third-order valence-corrected chi connectivity index (χ3v) is 1.56. The normalized spacial score (nSPS) is 9.86. The minimum atomic E-state index is -2.32. The van der Waals surface area contributed by atoms with Gasteiger partial charge in [-0.15, -0.1) is 0 Å². The summed E-state index contributed by atoms with van der Waals surface area (Å²) in [5, 5.41) is 11.3. The van der Waals surface area contributed by atoms with Crippen LogP contribution in [0.1, 0.15) is 12.0 Å². The average Bonchev–Trinajstić information content (AvgIpc) is 2.18. The van der Waals surface area contributed by atoms with Crippen molar-refractivity contribution < 1.29 is 8.78 Å². The number of nitrogens with one attached hydrogen (secondary N) is 1. The monoisotopic (exact) mass is 197 g/mol. The fraction of sp³-hybridized carbons (Fsp3) is 0.333. The van der Waals surface area contributed by atoms with Crippen molar-refractivity contribution in [2.75, 3.05) is 11.9 Å². The molecule has 14 heavy (non-hydrogen) atoms. The Labute approximate surface area is 80.4 Å². The minimum Gasteiger partial charge on any atom is -0.370 e. The van der Waals surface area contributed by atoms with Crippen LogP contribution in [-0.2, 0) is 0 Å². The highest BCUT2D eigenvalue weighted by molar-refractivity contribution is 5.42. The average molecular weight is 197 g/mol. The van der Waals surface area contributed by atoms with Crippen molar-refractivity contribution in [2.45, 2.75) is 12.8 Å². The zero-order chi connectivity index (χ0) is 10.4. The molecule has 0 unspecified atom stereocenters. The molecule has 0 radical (unpaired) electrons. The van der Waals surface area contributed by atoms with Gasteiger partial charge in [0.25, 0.3) is 0 Å². The lowest BCUT2D eigenvalue weighted by atomic mass is 10.3. The van der Waals surface area contributed by atoms with Crippen molar-refractivity contribution in [2.24, 2.45) is 0 Å². The largest absolute Gasteiger partial charge is 0.370 e. The zero-order valence-electron chi connectivity index (χ0n) is 7.37. The molecule has 0 atom stereocenters. The van der Waals surface area contributed by atoms with E-state index in [0.29, 0.717) is 11.4 Å². The van der Waals surface area contributed by atoms with Gasteiger partial charge in [0.15, 0.2) is 0 Å². The molecule has 1 heterocycles. The van der Waals surface area contributed by atoms with Gasteiger partial charge in [0.1, 0.15) is 5.82 Å². The molecule has 1 aromatic heterocycles. The number of nitriles is 1. The van der Waals surface area contributed by atoms with Crippen LogP contribution in [0, 0.1) is 11.3 Å². The molecule has 0 aliphatic carbocycles. The van der Waals surface area contributed by atoms with Crippen molar-refractivity contribution in [3.63, 3.8) is 0 Å². The Balaban J connectivity index is 2.47. The second-order valence-electron chi connectivity index (χ2n) is 2.65. The third-order valence-electron chi connectivity index (χ3n) is 1.56. The van der Waals surface area contributed by atoms with E-state index in [9.17, 15) is 8.78 Å². The van der Waals surface area contributed by atoms with Gasteiger partial charge in [-0.25, -0.2) is 13.8 Å².